The van der Waals surface area contributed by atoms with Gasteiger partial charge in [-0.05, 0) is 48.2 Å². The second kappa shape index (κ2) is 7.20. The number of nitrogens with one attached hydrogen (secondary N) is 1. The van der Waals surface area contributed by atoms with Gasteiger partial charge in [-0.2, -0.15) is 0 Å². The van der Waals surface area contributed by atoms with E-state index < -0.39 is 5.91 Å². The number of fused-ring (bicyclic) bond motifs is 2. The van der Waals surface area contributed by atoms with E-state index in [1.54, 1.807) is 36.5 Å². The van der Waals surface area contributed by atoms with Crippen LogP contribution in [0.4, 0.5) is 5.69 Å². The summed E-state index contributed by atoms with van der Waals surface area (Å²) in [5.74, 6) is -0.522. The standard InChI is InChI=1S/C26H19ClN2O4/c27-18-11-19-17(10-16(18)14-3-5-15(6-4-14)26(13-30)7-8-26)23(25(32)29-19)24(31)22-12-20-21(33-22)2-1-9-28-20/h1-6,9-12,30-31H,7-8,13H2,(H,29,32)/b24-23-. The fourth-order valence-corrected chi connectivity index (χ4v) is 4.72. The molecule has 0 radical (unpaired) electrons. The molecule has 1 aliphatic carbocycles. The summed E-state index contributed by atoms with van der Waals surface area (Å²) < 4.78 is 5.71. The van der Waals surface area contributed by atoms with Gasteiger partial charge in [0.1, 0.15) is 5.52 Å². The van der Waals surface area contributed by atoms with Gasteiger partial charge in [-0.25, -0.2) is 0 Å². The van der Waals surface area contributed by atoms with Crippen molar-refractivity contribution in [3.63, 3.8) is 0 Å². The third-order valence-corrected chi connectivity index (χ3v) is 6.89. The van der Waals surface area contributed by atoms with Gasteiger partial charge in [-0.1, -0.05) is 35.9 Å². The predicted octanol–water partition coefficient (Wildman–Crippen LogP) is 5.55. The van der Waals surface area contributed by atoms with Crippen LogP contribution >= 0.6 is 11.6 Å². The average Bonchev–Trinajstić information content (AvgIpc) is 3.40. The van der Waals surface area contributed by atoms with E-state index in [1.165, 1.54) is 0 Å². The van der Waals surface area contributed by atoms with Crippen molar-refractivity contribution in [1.29, 1.82) is 0 Å². The number of rotatable bonds is 4. The average molecular weight is 459 g/mol. The summed E-state index contributed by atoms with van der Waals surface area (Å²) >= 11 is 6.56. The van der Waals surface area contributed by atoms with Crippen molar-refractivity contribution in [2.75, 3.05) is 11.9 Å². The maximum atomic E-state index is 12.8. The Bertz CT molecular complexity index is 1430. The lowest BCUT2D eigenvalue weighted by atomic mass is 9.93. The van der Waals surface area contributed by atoms with Crippen LogP contribution in [0.1, 0.15) is 29.7 Å². The molecule has 2 aromatic carbocycles. The molecule has 1 amide bonds. The van der Waals surface area contributed by atoms with Gasteiger partial charge in [0.25, 0.3) is 5.91 Å². The number of aromatic nitrogens is 1. The maximum Gasteiger partial charge on any atom is 0.260 e. The minimum absolute atomic E-state index is 0.111. The Morgan fingerprint density at radius 2 is 1.91 bits per heavy atom. The van der Waals surface area contributed by atoms with Crippen molar-refractivity contribution in [3.8, 4) is 11.1 Å². The van der Waals surface area contributed by atoms with E-state index in [2.05, 4.69) is 10.3 Å². The first-order chi connectivity index (χ1) is 16.0. The van der Waals surface area contributed by atoms with E-state index in [1.807, 2.05) is 24.3 Å². The highest BCUT2D eigenvalue weighted by atomic mass is 35.5. The molecule has 4 aromatic rings. The lowest BCUT2D eigenvalue weighted by molar-refractivity contribution is -0.110. The highest BCUT2D eigenvalue weighted by Gasteiger charge is 2.43. The van der Waals surface area contributed by atoms with Crippen molar-refractivity contribution in [1.82, 2.24) is 4.98 Å². The van der Waals surface area contributed by atoms with Crippen LogP contribution in [0, 0.1) is 0 Å². The number of carbonyl (C=O) groups excluding carboxylic acids is 1. The SMILES string of the molecule is O=C1Nc2cc(Cl)c(-c3ccc(C4(CO)CC4)cc3)cc2/C1=C(/O)c1cc2ncccc2o1. The third-order valence-electron chi connectivity index (χ3n) is 6.57. The summed E-state index contributed by atoms with van der Waals surface area (Å²) in [4.78, 5) is 17.0. The normalized spacial score (nSPS) is 17.7. The molecule has 3 heterocycles. The van der Waals surface area contributed by atoms with E-state index in [0.29, 0.717) is 27.4 Å². The first-order valence-corrected chi connectivity index (χ1v) is 11.0. The molecule has 2 aromatic heterocycles. The van der Waals surface area contributed by atoms with Crippen molar-refractivity contribution in [2.24, 2.45) is 0 Å². The van der Waals surface area contributed by atoms with Crippen LogP contribution in [0.5, 0.6) is 0 Å². The Morgan fingerprint density at radius 1 is 1.12 bits per heavy atom. The van der Waals surface area contributed by atoms with E-state index in [4.69, 9.17) is 16.0 Å². The Balaban J connectivity index is 1.44. The molecule has 6 nitrogen and oxygen atoms in total. The summed E-state index contributed by atoms with van der Waals surface area (Å²) in [7, 11) is 0. The van der Waals surface area contributed by atoms with Gasteiger partial charge >= 0.3 is 0 Å². The highest BCUT2D eigenvalue weighted by molar-refractivity contribution is 6.38. The van der Waals surface area contributed by atoms with Gasteiger partial charge in [-0.3, -0.25) is 9.78 Å². The van der Waals surface area contributed by atoms with Crippen molar-refractivity contribution < 1.29 is 19.4 Å². The van der Waals surface area contributed by atoms with Crippen LogP contribution in [0.2, 0.25) is 5.02 Å². The number of pyridine rings is 1. The topological polar surface area (TPSA) is 95.6 Å². The molecular formula is C26H19ClN2O4. The quantitative estimate of drug-likeness (QED) is 0.275. The van der Waals surface area contributed by atoms with Crippen LogP contribution in [-0.2, 0) is 10.2 Å². The third kappa shape index (κ3) is 3.14. The summed E-state index contributed by atoms with van der Waals surface area (Å²) in [6, 6.07) is 16.5. The summed E-state index contributed by atoms with van der Waals surface area (Å²) in [5, 5.41) is 23.9. The number of aliphatic hydroxyl groups is 2. The van der Waals surface area contributed by atoms with E-state index >= 15 is 0 Å². The molecule has 33 heavy (non-hydrogen) atoms. The Morgan fingerprint density at radius 3 is 2.61 bits per heavy atom. The van der Waals surface area contributed by atoms with Crippen molar-refractivity contribution in [2.45, 2.75) is 18.3 Å². The summed E-state index contributed by atoms with van der Waals surface area (Å²) in [5.41, 5.74) is 4.92. The highest BCUT2D eigenvalue weighted by Crippen LogP contribution is 2.48. The molecule has 0 bridgehead atoms. The van der Waals surface area contributed by atoms with Crippen LogP contribution in [-0.4, -0.2) is 27.7 Å². The van der Waals surface area contributed by atoms with Crippen LogP contribution in [0.25, 0.3) is 33.6 Å². The van der Waals surface area contributed by atoms with Crippen molar-refractivity contribution in [3.05, 3.63) is 82.7 Å². The lowest BCUT2D eigenvalue weighted by Crippen LogP contribution is -2.11. The molecule has 2 aliphatic rings. The van der Waals surface area contributed by atoms with Crippen LogP contribution in [0.3, 0.4) is 0 Å². The van der Waals surface area contributed by atoms with E-state index in [0.717, 1.165) is 29.5 Å². The molecule has 0 spiro atoms. The minimum atomic E-state index is -0.432. The second-order valence-corrected chi connectivity index (χ2v) is 8.98. The Labute approximate surface area is 194 Å². The van der Waals surface area contributed by atoms with E-state index in [-0.39, 0.29) is 29.1 Å². The number of carbonyl (C=O) groups is 1. The van der Waals surface area contributed by atoms with Gasteiger partial charge in [-0.15, -0.1) is 0 Å². The molecule has 164 valence electrons. The largest absolute Gasteiger partial charge is 0.504 e. The molecule has 1 saturated carbocycles. The molecule has 1 fully saturated rings. The Hall–Kier alpha value is -3.61. The number of benzene rings is 2. The zero-order valence-electron chi connectivity index (χ0n) is 17.4. The number of furan rings is 1. The number of anilines is 1. The molecule has 3 N–H and O–H groups in total. The second-order valence-electron chi connectivity index (χ2n) is 8.57. The van der Waals surface area contributed by atoms with Gasteiger partial charge < -0.3 is 19.9 Å². The number of amides is 1. The first kappa shape index (κ1) is 20.0. The van der Waals surface area contributed by atoms with Crippen molar-refractivity contribution >= 4 is 45.6 Å². The molecule has 1 aliphatic heterocycles. The van der Waals surface area contributed by atoms with Gasteiger partial charge in [0.15, 0.2) is 17.1 Å². The molecule has 0 saturated heterocycles. The zero-order chi connectivity index (χ0) is 22.7. The number of halogens is 1. The molecule has 7 heteroatoms. The number of nitrogens with zero attached hydrogens (tertiary/aromatic N) is 1. The van der Waals surface area contributed by atoms with Gasteiger partial charge in [0.2, 0.25) is 0 Å². The van der Waals surface area contributed by atoms with Gasteiger partial charge in [0, 0.05) is 28.8 Å². The zero-order valence-corrected chi connectivity index (χ0v) is 18.2. The predicted molar refractivity (Wildman–Crippen MR) is 127 cm³/mol. The molecule has 0 atom stereocenters. The maximum absolute atomic E-state index is 12.8. The summed E-state index contributed by atoms with van der Waals surface area (Å²) in [6.07, 6.45) is 3.61. The first-order valence-electron chi connectivity index (χ1n) is 10.6. The van der Waals surface area contributed by atoms with Crippen LogP contribution < -0.4 is 5.32 Å². The number of aliphatic hydroxyl groups excluding tert-OH is 2. The number of hydrogen-bond donors (Lipinski definition) is 3. The fourth-order valence-electron chi connectivity index (χ4n) is 4.45. The smallest absolute Gasteiger partial charge is 0.260 e. The minimum Gasteiger partial charge on any atom is -0.504 e. The number of hydrogen-bond acceptors (Lipinski definition) is 5. The van der Waals surface area contributed by atoms with Crippen LogP contribution in [0.15, 0.2) is 65.2 Å². The molecule has 6 rings (SSSR count). The summed E-state index contributed by atoms with van der Waals surface area (Å²) in [6.45, 7) is 0.143. The lowest BCUT2D eigenvalue weighted by Gasteiger charge is -2.14. The molecule has 0 unspecified atom stereocenters. The Kier molecular flexibility index (Phi) is 4.37. The van der Waals surface area contributed by atoms with Gasteiger partial charge in [0.05, 0.1) is 22.9 Å². The fraction of sp³-hybridized carbons (Fsp3) is 0.154. The van der Waals surface area contributed by atoms with E-state index in [9.17, 15) is 15.0 Å². The monoisotopic (exact) mass is 458 g/mol. The molecular weight excluding hydrogens is 440 g/mol.